The van der Waals surface area contributed by atoms with Gasteiger partial charge in [0.25, 0.3) is 8.32 Å². The fourth-order valence-corrected chi connectivity index (χ4v) is 3.71. The predicted molar refractivity (Wildman–Crippen MR) is 103 cm³/mol. The van der Waals surface area contributed by atoms with Gasteiger partial charge in [0.15, 0.2) is 0 Å². The maximum Gasteiger partial charge on any atom is 0.344 e. The summed E-state index contributed by atoms with van der Waals surface area (Å²) >= 11 is 6.48. The van der Waals surface area contributed by atoms with Gasteiger partial charge in [0.2, 0.25) is 0 Å². The average Bonchev–Trinajstić information content (AvgIpc) is 2.49. The van der Waals surface area contributed by atoms with E-state index in [9.17, 15) is 4.79 Å². The summed E-state index contributed by atoms with van der Waals surface area (Å²) in [5, 5.41) is 2.67. The van der Waals surface area contributed by atoms with Crippen LogP contribution in [0.3, 0.4) is 0 Å². The smallest absolute Gasteiger partial charge is 0.344 e. The van der Waals surface area contributed by atoms with Crippen LogP contribution in [-0.4, -0.2) is 8.32 Å². The molecular weight excluding hydrogens is 340 g/mol. The molecule has 0 amide bonds. The highest BCUT2D eigenvalue weighted by Gasteiger charge is 2.40. The Morgan fingerprint density at radius 2 is 1.67 bits per heavy atom. The highest BCUT2D eigenvalue weighted by atomic mass is 35.5. The van der Waals surface area contributed by atoms with E-state index in [2.05, 4.69) is 33.9 Å². The van der Waals surface area contributed by atoms with Crippen molar-refractivity contribution in [1.82, 2.24) is 0 Å². The fraction of sp³-hybridized carbons (Fsp3) is 0.316. The average molecular weight is 361 g/mol. The normalized spacial score (nSPS) is 12.8. The topological polar surface area (TPSA) is 39.4 Å². The molecule has 0 radical (unpaired) electrons. The highest BCUT2D eigenvalue weighted by molar-refractivity contribution is 6.75. The van der Waals surface area contributed by atoms with E-state index in [0.29, 0.717) is 21.7 Å². The van der Waals surface area contributed by atoms with Crippen molar-refractivity contribution in [3.8, 4) is 5.75 Å². The van der Waals surface area contributed by atoms with Gasteiger partial charge in [0.1, 0.15) is 11.3 Å². The first-order valence-corrected chi connectivity index (χ1v) is 11.2. The van der Waals surface area contributed by atoms with Crippen LogP contribution >= 0.6 is 11.6 Å². The summed E-state index contributed by atoms with van der Waals surface area (Å²) in [7, 11) is -2.10. The minimum Gasteiger partial charge on any atom is -0.542 e. The third kappa shape index (κ3) is 2.74. The van der Waals surface area contributed by atoms with Gasteiger partial charge in [-0.15, -0.1) is 0 Å². The van der Waals surface area contributed by atoms with E-state index in [1.165, 1.54) is 0 Å². The van der Waals surface area contributed by atoms with Crippen LogP contribution in [0.1, 0.15) is 20.8 Å². The molecule has 0 aliphatic rings. The highest BCUT2D eigenvalue weighted by Crippen LogP contribution is 2.43. The quantitative estimate of drug-likeness (QED) is 0.320. The largest absolute Gasteiger partial charge is 0.542 e. The molecule has 126 valence electrons. The summed E-state index contributed by atoms with van der Waals surface area (Å²) in [5.74, 6) is 0.612. The van der Waals surface area contributed by atoms with Crippen molar-refractivity contribution >= 4 is 41.7 Å². The lowest BCUT2D eigenvalue weighted by Crippen LogP contribution is -2.44. The van der Waals surface area contributed by atoms with Gasteiger partial charge in [-0.1, -0.05) is 50.6 Å². The maximum atomic E-state index is 12.2. The second-order valence-corrected chi connectivity index (χ2v) is 12.7. The molecule has 3 nitrogen and oxygen atoms in total. The SMILES string of the molecule is CC(C)(C)[Si](C)(C)Oc1c(Cl)ccc2oc(=O)c3ccccc3c12. The van der Waals surface area contributed by atoms with Crippen molar-refractivity contribution in [2.45, 2.75) is 38.9 Å². The number of hydrogen-bond acceptors (Lipinski definition) is 3. The first-order valence-electron chi connectivity index (χ1n) is 7.95. The molecule has 0 saturated carbocycles. The zero-order valence-electron chi connectivity index (χ0n) is 14.6. The Balaban J connectivity index is 2.38. The van der Waals surface area contributed by atoms with Crippen LogP contribution in [0.15, 0.2) is 45.6 Å². The zero-order valence-corrected chi connectivity index (χ0v) is 16.3. The molecule has 0 saturated heterocycles. The lowest BCUT2D eigenvalue weighted by Gasteiger charge is -2.37. The van der Waals surface area contributed by atoms with Crippen LogP contribution in [-0.2, 0) is 0 Å². The lowest BCUT2D eigenvalue weighted by atomic mass is 10.1. The van der Waals surface area contributed by atoms with Crippen molar-refractivity contribution in [3.05, 3.63) is 51.8 Å². The minimum atomic E-state index is -2.10. The molecule has 0 bridgehead atoms. The molecule has 0 aliphatic carbocycles. The van der Waals surface area contributed by atoms with Gasteiger partial charge in [-0.05, 0) is 36.3 Å². The molecule has 2 aromatic carbocycles. The van der Waals surface area contributed by atoms with E-state index in [1.54, 1.807) is 18.2 Å². The third-order valence-electron chi connectivity index (χ3n) is 4.85. The molecule has 24 heavy (non-hydrogen) atoms. The van der Waals surface area contributed by atoms with Crippen LogP contribution in [0.2, 0.25) is 23.2 Å². The van der Waals surface area contributed by atoms with Crippen molar-refractivity contribution in [2.75, 3.05) is 0 Å². The van der Waals surface area contributed by atoms with Crippen LogP contribution in [0.25, 0.3) is 21.7 Å². The van der Waals surface area contributed by atoms with E-state index in [0.717, 1.165) is 10.8 Å². The maximum absolute atomic E-state index is 12.2. The van der Waals surface area contributed by atoms with E-state index < -0.39 is 8.32 Å². The van der Waals surface area contributed by atoms with E-state index in [-0.39, 0.29) is 10.7 Å². The molecule has 1 aromatic heterocycles. The first-order chi connectivity index (χ1) is 11.1. The molecule has 3 rings (SSSR count). The summed E-state index contributed by atoms with van der Waals surface area (Å²) in [6.07, 6.45) is 0. The molecule has 0 N–H and O–H groups in total. The molecule has 0 fully saturated rings. The van der Waals surface area contributed by atoms with Crippen LogP contribution in [0.4, 0.5) is 0 Å². The number of rotatable bonds is 2. The monoisotopic (exact) mass is 360 g/mol. The molecule has 0 atom stereocenters. The van der Waals surface area contributed by atoms with Crippen molar-refractivity contribution in [1.29, 1.82) is 0 Å². The molecule has 0 unspecified atom stereocenters. The number of halogens is 1. The fourth-order valence-electron chi connectivity index (χ4n) is 2.42. The lowest BCUT2D eigenvalue weighted by molar-refractivity contribution is 0.495. The van der Waals surface area contributed by atoms with Gasteiger partial charge in [-0.2, -0.15) is 0 Å². The second-order valence-electron chi connectivity index (χ2n) is 7.55. The minimum absolute atomic E-state index is 0.0317. The Bertz CT molecular complexity index is 983. The van der Waals surface area contributed by atoms with Gasteiger partial charge in [-0.3, -0.25) is 0 Å². The van der Waals surface area contributed by atoms with Gasteiger partial charge in [-0.25, -0.2) is 4.79 Å². The summed E-state index contributed by atoms with van der Waals surface area (Å²) in [6, 6.07) is 10.8. The Morgan fingerprint density at radius 3 is 2.29 bits per heavy atom. The standard InChI is InChI=1S/C19H21ClO3Si/c1-19(2,3)24(4,5)23-17-14(20)10-11-15-16(17)12-8-6-7-9-13(12)18(21)22-15/h6-11H,1-5H3. The van der Waals surface area contributed by atoms with Crippen LogP contribution < -0.4 is 10.1 Å². The van der Waals surface area contributed by atoms with Gasteiger partial charge >= 0.3 is 5.63 Å². The second kappa shape index (κ2) is 5.64. The molecule has 1 heterocycles. The zero-order chi connectivity index (χ0) is 17.7. The Morgan fingerprint density at radius 1 is 1.04 bits per heavy atom. The molecule has 0 aliphatic heterocycles. The Kier molecular flexibility index (Phi) is 4.01. The molecule has 0 spiro atoms. The molecule has 3 aromatic rings. The number of benzene rings is 2. The Labute approximate surface area is 147 Å². The summed E-state index contributed by atoms with van der Waals surface area (Å²) in [4.78, 5) is 12.2. The third-order valence-corrected chi connectivity index (χ3v) is 9.48. The van der Waals surface area contributed by atoms with E-state index in [1.807, 2.05) is 18.2 Å². The van der Waals surface area contributed by atoms with Gasteiger partial charge in [0.05, 0.1) is 15.8 Å². The number of fused-ring (bicyclic) bond motifs is 3. The molecule has 5 heteroatoms. The van der Waals surface area contributed by atoms with E-state index in [4.69, 9.17) is 20.4 Å². The summed E-state index contributed by atoms with van der Waals surface area (Å²) in [5.41, 5.74) is 0.149. The van der Waals surface area contributed by atoms with Crippen molar-refractivity contribution < 1.29 is 8.84 Å². The number of hydrogen-bond donors (Lipinski definition) is 0. The van der Waals surface area contributed by atoms with E-state index >= 15 is 0 Å². The summed E-state index contributed by atoms with van der Waals surface area (Å²) in [6.45, 7) is 10.9. The van der Waals surface area contributed by atoms with Gasteiger partial charge in [0, 0.05) is 5.39 Å². The van der Waals surface area contributed by atoms with Crippen molar-refractivity contribution in [2.24, 2.45) is 0 Å². The predicted octanol–water partition coefficient (Wildman–Crippen LogP) is 5.98. The molecular formula is C19H21ClO3Si. The first kappa shape index (κ1) is 17.1. The Hall–Kier alpha value is -1.78. The van der Waals surface area contributed by atoms with Crippen LogP contribution in [0, 0.1) is 0 Å². The van der Waals surface area contributed by atoms with Gasteiger partial charge < -0.3 is 8.84 Å². The van der Waals surface area contributed by atoms with Crippen LogP contribution in [0.5, 0.6) is 5.75 Å². The van der Waals surface area contributed by atoms with Crippen molar-refractivity contribution in [3.63, 3.8) is 0 Å². The summed E-state index contributed by atoms with van der Waals surface area (Å²) < 4.78 is 12.0.